The van der Waals surface area contributed by atoms with E-state index in [1.165, 1.54) is 13.0 Å². The average molecular weight is 232 g/mol. The number of hydrogen-bond donors (Lipinski definition) is 1. The van der Waals surface area contributed by atoms with Gasteiger partial charge in [0.15, 0.2) is 5.78 Å². The van der Waals surface area contributed by atoms with Crippen LogP contribution in [-0.2, 0) is 0 Å². The van der Waals surface area contributed by atoms with Crippen LogP contribution in [-0.4, -0.2) is 10.9 Å². The molecule has 17 heavy (non-hydrogen) atoms. The van der Waals surface area contributed by atoms with Crippen molar-refractivity contribution < 1.29 is 14.3 Å². The zero-order valence-electron chi connectivity index (χ0n) is 9.83. The number of Topliss-reactive ketones (excluding diaryl/α,β-unsaturated/α-hetero) is 1. The van der Waals surface area contributed by atoms with Gasteiger partial charge in [0.25, 0.3) is 0 Å². The van der Waals surface area contributed by atoms with E-state index in [4.69, 9.17) is 4.42 Å². The number of fused-ring (bicyclic) bond motifs is 1. The Morgan fingerprint density at radius 2 is 1.88 bits per heavy atom. The van der Waals surface area contributed by atoms with Crippen molar-refractivity contribution in [2.45, 2.75) is 20.8 Å². The Kier molecular flexibility index (Phi) is 2.50. The predicted octanol–water partition coefficient (Wildman–Crippen LogP) is 2.32. The van der Waals surface area contributed by atoms with Gasteiger partial charge >= 0.3 is 5.63 Å². The Morgan fingerprint density at radius 1 is 1.24 bits per heavy atom. The highest BCUT2D eigenvalue weighted by molar-refractivity contribution is 6.01. The van der Waals surface area contributed by atoms with Gasteiger partial charge in [-0.05, 0) is 32.4 Å². The lowest BCUT2D eigenvalue weighted by Crippen LogP contribution is -2.06. The minimum absolute atomic E-state index is 0.170. The molecule has 0 aliphatic carbocycles. The number of aryl methyl sites for hydroxylation is 1. The molecule has 0 amide bonds. The minimum atomic E-state index is -0.426. The van der Waals surface area contributed by atoms with E-state index in [0.29, 0.717) is 16.5 Å². The molecule has 0 radical (unpaired) electrons. The highest BCUT2D eigenvalue weighted by Gasteiger charge is 2.13. The van der Waals surface area contributed by atoms with Crippen molar-refractivity contribution in [3.8, 4) is 5.75 Å². The van der Waals surface area contributed by atoms with Crippen molar-refractivity contribution in [2.75, 3.05) is 0 Å². The van der Waals surface area contributed by atoms with Crippen LogP contribution in [0.4, 0.5) is 0 Å². The van der Waals surface area contributed by atoms with E-state index in [9.17, 15) is 14.7 Å². The van der Waals surface area contributed by atoms with Crippen LogP contribution in [0, 0.1) is 13.8 Å². The first kappa shape index (κ1) is 11.4. The third kappa shape index (κ3) is 1.71. The summed E-state index contributed by atoms with van der Waals surface area (Å²) >= 11 is 0. The van der Waals surface area contributed by atoms with Crippen LogP contribution >= 0.6 is 0 Å². The molecule has 1 N–H and O–H groups in total. The van der Waals surface area contributed by atoms with Crippen molar-refractivity contribution in [1.29, 1.82) is 0 Å². The number of phenols is 1. The molecule has 0 spiro atoms. The molecule has 0 aliphatic heterocycles. The van der Waals surface area contributed by atoms with Gasteiger partial charge in [-0.1, -0.05) is 0 Å². The lowest BCUT2D eigenvalue weighted by molar-refractivity contribution is 0.101. The third-order valence-electron chi connectivity index (χ3n) is 2.95. The molecule has 1 aromatic heterocycles. The summed E-state index contributed by atoms with van der Waals surface area (Å²) in [6.07, 6.45) is 0. The maximum absolute atomic E-state index is 11.5. The molecule has 0 unspecified atom stereocenters. The van der Waals surface area contributed by atoms with Gasteiger partial charge in [0.1, 0.15) is 11.3 Å². The van der Waals surface area contributed by atoms with Gasteiger partial charge in [-0.25, -0.2) is 4.79 Å². The fourth-order valence-electron chi connectivity index (χ4n) is 1.76. The average Bonchev–Trinajstić information content (AvgIpc) is 2.25. The Labute approximate surface area is 97.5 Å². The van der Waals surface area contributed by atoms with Gasteiger partial charge in [0.05, 0.1) is 5.56 Å². The van der Waals surface area contributed by atoms with Gasteiger partial charge in [-0.15, -0.1) is 0 Å². The van der Waals surface area contributed by atoms with Crippen LogP contribution in [0.15, 0.2) is 21.3 Å². The molecule has 0 saturated heterocycles. The first-order valence-electron chi connectivity index (χ1n) is 5.19. The smallest absolute Gasteiger partial charge is 0.339 e. The number of aromatic hydroxyl groups is 1. The lowest BCUT2D eigenvalue weighted by atomic mass is 10.0. The zero-order valence-corrected chi connectivity index (χ0v) is 9.83. The molecule has 0 aliphatic rings. The van der Waals surface area contributed by atoms with Gasteiger partial charge < -0.3 is 9.52 Å². The molecule has 0 bridgehead atoms. The first-order chi connectivity index (χ1) is 7.91. The van der Waals surface area contributed by atoms with Crippen molar-refractivity contribution in [3.05, 3.63) is 39.2 Å². The highest BCUT2D eigenvalue weighted by atomic mass is 16.4. The van der Waals surface area contributed by atoms with Crippen LogP contribution in [0.5, 0.6) is 5.75 Å². The van der Waals surface area contributed by atoms with Gasteiger partial charge in [-0.2, -0.15) is 0 Å². The fourth-order valence-corrected chi connectivity index (χ4v) is 1.76. The summed E-state index contributed by atoms with van der Waals surface area (Å²) in [4.78, 5) is 22.8. The molecule has 0 atom stereocenters. The van der Waals surface area contributed by atoms with E-state index < -0.39 is 5.63 Å². The molecule has 1 aromatic carbocycles. The van der Waals surface area contributed by atoms with E-state index in [2.05, 4.69) is 0 Å². The third-order valence-corrected chi connectivity index (χ3v) is 2.95. The monoisotopic (exact) mass is 232 g/mol. The Hall–Kier alpha value is -2.10. The number of benzene rings is 1. The number of rotatable bonds is 1. The Balaban J connectivity index is 2.95. The molecule has 4 nitrogen and oxygen atoms in total. The first-order valence-corrected chi connectivity index (χ1v) is 5.19. The van der Waals surface area contributed by atoms with Crippen molar-refractivity contribution >= 4 is 16.8 Å². The zero-order chi connectivity index (χ0) is 12.7. The summed E-state index contributed by atoms with van der Waals surface area (Å²) in [5.41, 5.74) is 1.37. The second-order valence-corrected chi connectivity index (χ2v) is 4.06. The quantitative estimate of drug-likeness (QED) is 0.605. The topological polar surface area (TPSA) is 67.5 Å². The summed E-state index contributed by atoms with van der Waals surface area (Å²) in [6.45, 7) is 4.83. The molecular weight excluding hydrogens is 220 g/mol. The lowest BCUT2D eigenvalue weighted by Gasteiger charge is -2.07. The Morgan fingerprint density at radius 3 is 2.47 bits per heavy atom. The molecule has 0 saturated carbocycles. The van der Waals surface area contributed by atoms with Crippen LogP contribution in [0.2, 0.25) is 0 Å². The Bertz CT molecular complexity index is 680. The second-order valence-electron chi connectivity index (χ2n) is 4.06. The number of carbonyl (C=O) groups is 1. The second kappa shape index (κ2) is 3.73. The maximum atomic E-state index is 11.5. The molecule has 88 valence electrons. The highest BCUT2D eigenvalue weighted by Crippen LogP contribution is 2.27. The van der Waals surface area contributed by atoms with Gasteiger partial charge in [0.2, 0.25) is 0 Å². The van der Waals surface area contributed by atoms with Crippen LogP contribution in [0.3, 0.4) is 0 Å². The van der Waals surface area contributed by atoms with Gasteiger partial charge in [0, 0.05) is 17.0 Å². The SMILES string of the molecule is CC(=O)c1cc2c(C)c(C)c(=O)oc2cc1O. The summed E-state index contributed by atoms with van der Waals surface area (Å²) in [7, 11) is 0. The summed E-state index contributed by atoms with van der Waals surface area (Å²) in [5, 5.41) is 10.3. The summed E-state index contributed by atoms with van der Waals surface area (Å²) in [5.74, 6) is -0.399. The molecule has 4 heteroatoms. The number of hydrogen-bond acceptors (Lipinski definition) is 4. The van der Waals surface area contributed by atoms with E-state index >= 15 is 0 Å². The minimum Gasteiger partial charge on any atom is -0.507 e. The van der Waals surface area contributed by atoms with Crippen molar-refractivity contribution in [3.63, 3.8) is 0 Å². The van der Waals surface area contributed by atoms with Crippen LogP contribution in [0.1, 0.15) is 28.4 Å². The van der Waals surface area contributed by atoms with E-state index in [-0.39, 0.29) is 17.1 Å². The van der Waals surface area contributed by atoms with E-state index in [1.807, 2.05) is 0 Å². The summed E-state index contributed by atoms with van der Waals surface area (Å²) < 4.78 is 5.06. The van der Waals surface area contributed by atoms with Crippen LogP contribution in [0.25, 0.3) is 11.0 Å². The van der Waals surface area contributed by atoms with Crippen molar-refractivity contribution in [1.82, 2.24) is 0 Å². The fraction of sp³-hybridized carbons (Fsp3) is 0.231. The largest absolute Gasteiger partial charge is 0.507 e. The maximum Gasteiger partial charge on any atom is 0.339 e. The number of ketones is 1. The molecular formula is C13H12O4. The van der Waals surface area contributed by atoms with Crippen molar-refractivity contribution in [2.24, 2.45) is 0 Å². The molecule has 0 fully saturated rings. The summed E-state index contributed by atoms with van der Waals surface area (Å²) in [6, 6.07) is 2.86. The van der Waals surface area contributed by atoms with Gasteiger partial charge in [-0.3, -0.25) is 4.79 Å². The molecule has 2 rings (SSSR count). The molecule has 1 heterocycles. The number of phenolic OH excluding ortho intramolecular Hbond substituents is 1. The van der Waals surface area contributed by atoms with Crippen LogP contribution < -0.4 is 5.63 Å². The molecule has 2 aromatic rings. The van der Waals surface area contributed by atoms with E-state index in [0.717, 1.165) is 5.56 Å². The van der Waals surface area contributed by atoms with E-state index in [1.54, 1.807) is 19.9 Å². The predicted molar refractivity (Wildman–Crippen MR) is 63.6 cm³/mol. The normalized spacial score (nSPS) is 10.8. The number of carbonyl (C=O) groups excluding carboxylic acids is 1. The standard InChI is InChI=1S/C13H12O4/c1-6-7(2)13(16)17-12-5-11(15)10(8(3)14)4-9(6)12/h4-5,15H,1-3H3.